The van der Waals surface area contributed by atoms with E-state index >= 15 is 0 Å². The molecule has 0 amide bonds. The first-order valence-corrected chi connectivity index (χ1v) is 4.11. The van der Waals surface area contributed by atoms with Crippen molar-refractivity contribution in [3.63, 3.8) is 0 Å². The molecule has 0 unspecified atom stereocenters. The van der Waals surface area contributed by atoms with Gasteiger partial charge >= 0.3 is 0 Å². The van der Waals surface area contributed by atoms with Gasteiger partial charge in [0.25, 0.3) is 0 Å². The molecule has 64 valence electrons. The predicted molar refractivity (Wildman–Crippen MR) is 52.2 cm³/mol. The molecule has 0 heterocycles. The standard InChI is InChI=1S/C8H10BClO2/c9-7-5-6(10)1-2-8(7)12-4-3-11/h1-2,5,11H,3-4,9H2. The van der Waals surface area contributed by atoms with Crippen LogP contribution in [0.4, 0.5) is 0 Å². The molecule has 0 saturated heterocycles. The average molecular weight is 184 g/mol. The van der Waals surface area contributed by atoms with Crippen molar-refractivity contribution in [2.75, 3.05) is 13.2 Å². The highest BCUT2D eigenvalue weighted by atomic mass is 35.5. The van der Waals surface area contributed by atoms with Crippen LogP contribution in [0.3, 0.4) is 0 Å². The lowest BCUT2D eigenvalue weighted by atomic mass is 9.95. The number of benzene rings is 1. The molecule has 0 aliphatic heterocycles. The Morgan fingerprint density at radius 2 is 2.25 bits per heavy atom. The Hall–Kier alpha value is -0.665. The summed E-state index contributed by atoms with van der Waals surface area (Å²) in [4.78, 5) is 0. The van der Waals surface area contributed by atoms with Gasteiger partial charge in [-0.3, -0.25) is 0 Å². The predicted octanol–water partition coefficient (Wildman–Crippen LogP) is -0.0305. The summed E-state index contributed by atoms with van der Waals surface area (Å²) in [5, 5.41) is 9.22. The second kappa shape index (κ2) is 4.38. The molecule has 2 nitrogen and oxygen atoms in total. The molecular formula is C8H10BClO2. The number of rotatable bonds is 3. The van der Waals surface area contributed by atoms with Gasteiger partial charge in [-0.15, -0.1) is 0 Å². The summed E-state index contributed by atoms with van der Waals surface area (Å²) in [5.41, 5.74) is 0.982. The third-order valence-electron chi connectivity index (χ3n) is 1.49. The van der Waals surface area contributed by atoms with Crippen LogP contribution in [0.2, 0.25) is 5.02 Å². The summed E-state index contributed by atoms with van der Waals surface area (Å²) in [6, 6.07) is 5.39. The van der Waals surface area contributed by atoms with Gasteiger partial charge < -0.3 is 9.84 Å². The Morgan fingerprint density at radius 1 is 1.50 bits per heavy atom. The van der Waals surface area contributed by atoms with Crippen molar-refractivity contribution in [3.8, 4) is 5.75 Å². The van der Waals surface area contributed by atoms with E-state index in [2.05, 4.69) is 0 Å². The zero-order chi connectivity index (χ0) is 8.97. The summed E-state index contributed by atoms with van der Waals surface area (Å²) >= 11 is 5.75. The van der Waals surface area contributed by atoms with Crippen LogP contribution in [0.5, 0.6) is 5.75 Å². The lowest BCUT2D eigenvalue weighted by molar-refractivity contribution is 0.202. The molecule has 1 aromatic rings. The fourth-order valence-corrected chi connectivity index (χ4v) is 1.16. The maximum atomic E-state index is 8.52. The number of aliphatic hydroxyl groups excluding tert-OH is 1. The monoisotopic (exact) mass is 184 g/mol. The summed E-state index contributed by atoms with van der Waals surface area (Å²) in [6.07, 6.45) is 0. The first-order chi connectivity index (χ1) is 5.74. The first kappa shape index (κ1) is 9.42. The van der Waals surface area contributed by atoms with Crippen molar-refractivity contribution in [2.24, 2.45) is 0 Å². The molecule has 0 aliphatic rings. The third kappa shape index (κ3) is 2.43. The van der Waals surface area contributed by atoms with E-state index in [1.807, 2.05) is 13.9 Å². The maximum Gasteiger partial charge on any atom is 0.144 e. The van der Waals surface area contributed by atoms with Gasteiger partial charge in [0.2, 0.25) is 0 Å². The van der Waals surface area contributed by atoms with Gasteiger partial charge in [0.1, 0.15) is 20.2 Å². The van der Waals surface area contributed by atoms with Crippen LogP contribution in [0, 0.1) is 0 Å². The Kier molecular flexibility index (Phi) is 3.44. The number of ether oxygens (including phenoxy) is 1. The zero-order valence-corrected chi connectivity index (χ0v) is 7.64. The topological polar surface area (TPSA) is 29.5 Å². The smallest absolute Gasteiger partial charge is 0.144 e. The van der Waals surface area contributed by atoms with Crippen LogP contribution in [0.25, 0.3) is 0 Å². The summed E-state index contributed by atoms with van der Waals surface area (Å²) in [7, 11) is 1.92. The van der Waals surface area contributed by atoms with E-state index in [0.717, 1.165) is 11.2 Å². The Balaban J connectivity index is 2.72. The molecule has 0 spiro atoms. The van der Waals surface area contributed by atoms with Gasteiger partial charge in [-0.2, -0.15) is 0 Å². The van der Waals surface area contributed by atoms with Crippen molar-refractivity contribution in [2.45, 2.75) is 0 Å². The van der Waals surface area contributed by atoms with Crippen LogP contribution in [-0.2, 0) is 0 Å². The Morgan fingerprint density at radius 3 is 2.83 bits per heavy atom. The SMILES string of the molecule is Bc1cc(Cl)ccc1OCCO. The highest BCUT2D eigenvalue weighted by Gasteiger charge is 1.98. The molecule has 1 N–H and O–H groups in total. The van der Waals surface area contributed by atoms with Crippen molar-refractivity contribution < 1.29 is 9.84 Å². The molecular weight excluding hydrogens is 174 g/mol. The summed E-state index contributed by atoms with van der Waals surface area (Å²) in [6.45, 7) is 0.352. The molecule has 0 aliphatic carbocycles. The highest BCUT2D eigenvalue weighted by Crippen LogP contribution is 2.12. The fourth-order valence-electron chi connectivity index (χ4n) is 0.930. The van der Waals surface area contributed by atoms with Crippen LogP contribution in [0.15, 0.2) is 18.2 Å². The lowest BCUT2D eigenvalue weighted by Crippen LogP contribution is -2.11. The van der Waals surface area contributed by atoms with Crippen LogP contribution >= 0.6 is 11.6 Å². The van der Waals surface area contributed by atoms with Crippen molar-refractivity contribution in [3.05, 3.63) is 23.2 Å². The van der Waals surface area contributed by atoms with E-state index in [4.69, 9.17) is 21.4 Å². The van der Waals surface area contributed by atoms with E-state index in [9.17, 15) is 0 Å². The quantitative estimate of drug-likeness (QED) is 0.669. The normalized spacial score (nSPS) is 9.83. The second-order valence-electron chi connectivity index (χ2n) is 2.48. The van der Waals surface area contributed by atoms with Gasteiger partial charge in [-0.1, -0.05) is 11.6 Å². The third-order valence-corrected chi connectivity index (χ3v) is 1.72. The van der Waals surface area contributed by atoms with Gasteiger partial charge in [0.15, 0.2) is 0 Å². The summed E-state index contributed by atoms with van der Waals surface area (Å²) in [5.74, 6) is 0.772. The molecule has 0 aromatic heterocycles. The first-order valence-electron chi connectivity index (χ1n) is 3.74. The molecule has 0 radical (unpaired) electrons. The van der Waals surface area contributed by atoms with Crippen LogP contribution in [-0.4, -0.2) is 26.2 Å². The van der Waals surface area contributed by atoms with E-state index in [1.165, 1.54) is 0 Å². The fraction of sp³-hybridized carbons (Fsp3) is 0.250. The minimum atomic E-state index is 0.0298. The molecule has 0 saturated carbocycles. The average Bonchev–Trinajstić information content (AvgIpc) is 2.03. The molecule has 1 rings (SSSR count). The van der Waals surface area contributed by atoms with E-state index in [1.54, 1.807) is 12.1 Å². The van der Waals surface area contributed by atoms with Crippen LogP contribution < -0.4 is 10.2 Å². The molecule has 1 aromatic carbocycles. The van der Waals surface area contributed by atoms with Gasteiger partial charge in [-0.25, -0.2) is 0 Å². The summed E-state index contributed by atoms with van der Waals surface area (Å²) < 4.78 is 5.23. The van der Waals surface area contributed by atoms with E-state index < -0.39 is 0 Å². The number of hydrogen-bond donors (Lipinski definition) is 1. The molecule has 0 atom stereocenters. The molecule has 4 heteroatoms. The number of halogens is 1. The van der Waals surface area contributed by atoms with E-state index in [-0.39, 0.29) is 6.61 Å². The zero-order valence-electron chi connectivity index (χ0n) is 6.88. The number of aliphatic hydroxyl groups is 1. The van der Waals surface area contributed by atoms with Crippen molar-refractivity contribution in [1.29, 1.82) is 0 Å². The minimum Gasteiger partial charge on any atom is -0.492 e. The Labute approximate surface area is 77.5 Å². The minimum absolute atomic E-state index is 0.0298. The lowest BCUT2D eigenvalue weighted by Gasteiger charge is -2.07. The maximum absolute atomic E-state index is 8.52. The van der Waals surface area contributed by atoms with Crippen molar-refractivity contribution >= 4 is 24.9 Å². The van der Waals surface area contributed by atoms with Gasteiger partial charge in [0.05, 0.1) is 6.61 Å². The second-order valence-corrected chi connectivity index (χ2v) is 2.92. The number of hydrogen-bond acceptors (Lipinski definition) is 2. The molecule has 0 bridgehead atoms. The Bertz CT molecular complexity index is 265. The molecule has 12 heavy (non-hydrogen) atoms. The molecule has 0 fully saturated rings. The largest absolute Gasteiger partial charge is 0.492 e. The highest BCUT2D eigenvalue weighted by molar-refractivity contribution is 6.37. The van der Waals surface area contributed by atoms with Gasteiger partial charge in [-0.05, 0) is 23.7 Å². The van der Waals surface area contributed by atoms with Crippen LogP contribution in [0.1, 0.15) is 0 Å². The van der Waals surface area contributed by atoms with Gasteiger partial charge in [0, 0.05) is 5.02 Å². The van der Waals surface area contributed by atoms with E-state index in [0.29, 0.717) is 11.6 Å². The van der Waals surface area contributed by atoms with Crippen molar-refractivity contribution in [1.82, 2.24) is 0 Å².